The highest BCUT2D eigenvalue weighted by molar-refractivity contribution is 7.98. The smallest absolute Gasteiger partial charge is 0.324 e. The first-order valence-electron chi connectivity index (χ1n) is 15.0. The summed E-state index contributed by atoms with van der Waals surface area (Å²) in [5.41, 5.74) is 3.28. The minimum atomic E-state index is -0.401. The van der Waals surface area contributed by atoms with Crippen LogP contribution in [0.25, 0.3) is 5.69 Å². The molecule has 2 aromatic carbocycles. The number of fused-ring (bicyclic) bond motifs is 1. The number of urea groups is 1. The van der Waals surface area contributed by atoms with E-state index in [4.69, 9.17) is 19.3 Å². The number of amides is 3. The molecule has 13 heteroatoms. The maximum Gasteiger partial charge on any atom is 0.324 e. The molecule has 2 aliphatic heterocycles. The zero-order chi connectivity index (χ0) is 32.3. The van der Waals surface area contributed by atoms with Crippen molar-refractivity contribution in [2.24, 2.45) is 0 Å². The van der Waals surface area contributed by atoms with Crippen LogP contribution in [0.4, 0.5) is 22.1 Å². The molecular formula is C33H37N7O5S. The van der Waals surface area contributed by atoms with Gasteiger partial charge in [-0.05, 0) is 42.2 Å². The maximum atomic E-state index is 13.4. The average molecular weight is 644 g/mol. The van der Waals surface area contributed by atoms with Gasteiger partial charge in [0.25, 0.3) is 5.91 Å². The maximum absolute atomic E-state index is 13.4. The summed E-state index contributed by atoms with van der Waals surface area (Å²) in [7, 11) is 0. The summed E-state index contributed by atoms with van der Waals surface area (Å²) in [6, 6.07) is 16.8. The van der Waals surface area contributed by atoms with E-state index in [1.165, 1.54) is 18.0 Å². The van der Waals surface area contributed by atoms with Crippen molar-refractivity contribution in [3.8, 4) is 22.9 Å². The number of nitrogens with one attached hydrogen (secondary N) is 3. The molecule has 2 aromatic heterocycles. The number of pyridine rings is 1. The molecule has 46 heavy (non-hydrogen) atoms. The number of anilines is 3. The molecule has 0 saturated carbocycles. The second-order valence-electron chi connectivity index (χ2n) is 12.0. The summed E-state index contributed by atoms with van der Waals surface area (Å²) >= 11 is 1.47. The van der Waals surface area contributed by atoms with Gasteiger partial charge in [-0.3, -0.25) is 15.0 Å². The molecule has 12 nitrogen and oxygen atoms in total. The van der Waals surface area contributed by atoms with Gasteiger partial charge in [0.1, 0.15) is 11.6 Å². The quantitative estimate of drug-likeness (QED) is 0.201. The number of morpholine rings is 1. The number of hydrogen-bond acceptors (Lipinski definition) is 9. The topological polar surface area (TPSA) is 132 Å². The lowest BCUT2D eigenvalue weighted by molar-refractivity contribution is -0.118. The van der Waals surface area contributed by atoms with Gasteiger partial charge in [0.2, 0.25) is 5.75 Å². The highest BCUT2D eigenvalue weighted by atomic mass is 32.2. The van der Waals surface area contributed by atoms with Gasteiger partial charge in [-0.2, -0.15) is 5.10 Å². The molecule has 0 unspecified atom stereocenters. The van der Waals surface area contributed by atoms with E-state index in [1.807, 2.05) is 30.5 Å². The molecule has 4 aromatic rings. The highest BCUT2D eigenvalue weighted by Crippen LogP contribution is 2.39. The van der Waals surface area contributed by atoms with Gasteiger partial charge in [-0.15, -0.1) is 11.8 Å². The van der Waals surface area contributed by atoms with Crippen molar-refractivity contribution in [2.45, 2.75) is 37.6 Å². The fourth-order valence-corrected chi connectivity index (χ4v) is 5.69. The number of benzene rings is 2. The summed E-state index contributed by atoms with van der Waals surface area (Å²) in [5.74, 6) is 1.93. The minimum Gasteiger partial charge on any atom is -0.476 e. The van der Waals surface area contributed by atoms with E-state index in [0.717, 1.165) is 54.7 Å². The molecule has 3 amide bonds. The first kappa shape index (κ1) is 31.4. The molecule has 1 fully saturated rings. The normalized spacial score (nSPS) is 15.0. The van der Waals surface area contributed by atoms with Crippen LogP contribution >= 0.6 is 11.8 Å². The van der Waals surface area contributed by atoms with Gasteiger partial charge < -0.3 is 24.8 Å². The van der Waals surface area contributed by atoms with Gasteiger partial charge in [-0.1, -0.05) is 32.9 Å². The van der Waals surface area contributed by atoms with Gasteiger partial charge in [0.05, 0.1) is 30.3 Å². The largest absolute Gasteiger partial charge is 0.476 e. The monoisotopic (exact) mass is 643 g/mol. The van der Waals surface area contributed by atoms with Crippen LogP contribution in [0.15, 0.2) is 65.7 Å². The van der Waals surface area contributed by atoms with Gasteiger partial charge in [0, 0.05) is 48.3 Å². The Morgan fingerprint density at radius 3 is 2.70 bits per heavy atom. The Kier molecular flexibility index (Phi) is 9.15. The van der Waals surface area contributed by atoms with Crippen molar-refractivity contribution in [3.05, 3.63) is 72.1 Å². The van der Waals surface area contributed by atoms with Gasteiger partial charge in [0.15, 0.2) is 18.2 Å². The number of aromatic nitrogens is 3. The second-order valence-corrected chi connectivity index (χ2v) is 12.9. The molecule has 3 N–H and O–H groups in total. The van der Waals surface area contributed by atoms with Crippen molar-refractivity contribution in [1.29, 1.82) is 0 Å². The molecule has 1 saturated heterocycles. The van der Waals surface area contributed by atoms with Crippen LogP contribution in [0.3, 0.4) is 0 Å². The molecule has 0 radical (unpaired) electrons. The van der Waals surface area contributed by atoms with E-state index in [-0.39, 0.29) is 17.9 Å². The summed E-state index contributed by atoms with van der Waals surface area (Å²) in [5, 5.41) is 13.6. The van der Waals surface area contributed by atoms with E-state index in [1.54, 1.807) is 22.9 Å². The third-order valence-corrected chi connectivity index (χ3v) is 8.28. The van der Waals surface area contributed by atoms with E-state index >= 15 is 0 Å². The predicted octanol–water partition coefficient (Wildman–Crippen LogP) is 5.89. The number of nitrogens with zero attached hydrogens (tertiary/aromatic N) is 4. The van der Waals surface area contributed by atoms with Gasteiger partial charge in [-0.25, -0.2) is 14.5 Å². The first-order valence-corrected chi connectivity index (χ1v) is 16.2. The SMILES string of the molecule is CSc1cc(Oc2ccnc3c2OCC(=O)N3)ccc1NC(=O)Nc1cc(C(C)(C)C)nn1-c1cccc(CN2CCOCC2)c1. The lowest BCUT2D eigenvalue weighted by Gasteiger charge is -2.26. The van der Waals surface area contributed by atoms with Crippen molar-refractivity contribution in [2.75, 3.05) is 55.1 Å². The molecule has 0 spiro atoms. The van der Waals surface area contributed by atoms with E-state index < -0.39 is 6.03 Å². The molecule has 6 rings (SSSR count). The first-order chi connectivity index (χ1) is 22.2. The number of hydrogen-bond donors (Lipinski definition) is 3. The average Bonchev–Trinajstić information content (AvgIpc) is 3.47. The summed E-state index contributed by atoms with van der Waals surface area (Å²) in [6.07, 6.45) is 3.46. The van der Waals surface area contributed by atoms with Crippen LogP contribution in [0.1, 0.15) is 32.0 Å². The number of carbonyl (C=O) groups excluding carboxylic acids is 2. The van der Waals surface area contributed by atoms with Crippen molar-refractivity contribution in [1.82, 2.24) is 19.7 Å². The molecule has 0 bridgehead atoms. The van der Waals surface area contributed by atoms with Crippen molar-refractivity contribution in [3.63, 3.8) is 0 Å². The highest BCUT2D eigenvalue weighted by Gasteiger charge is 2.24. The lowest BCUT2D eigenvalue weighted by Crippen LogP contribution is -2.35. The van der Waals surface area contributed by atoms with Crippen LogP contribution in [0.2, 0.25) is 0 Å². The van der Waals surface area contributed by atoms with Crippen LogP contribution in [0, 0.1) is 0 Å². The Morgan fingerprint density at radius 1 is 1.09 bits per heavy atom. The van der Waals surface area contributed by atoms with E-state index in [0.29, 0.717) is 34.6 Å². The molecule has 240 valence electrons. The molecule has 0 atom stereocenters. The summed E-state index contributed by atoms with van der Waals surface area (Å²) in [4.78, 5) is 32.4. The Balaban J connectivity index is 1.19. The van der Waals surface area contributed by atoms with Crippen LogP contribution in [-0.2, 0) is 21.5 Å². The number of carbonyl (C=O) groups is 2. The van der Waals surface area contributed by atoms with Crippen LogP contribution < -0.4 is 25.4 Å². The number of ether oxygens (including phenoxy) is 3. The minimum absolute atomic E-state index is 0.112. The van der Waals surface area contributed by atoms with Crippen molar-refractivity contribution < 1.29 is 23.8 Å². The predicted molar refractivity (Wildman–Crippen MR) is 178 cm³/mol. The second kappa shape index (κ2) is 13.4. The fourth-order valence-electron chi connectivity index (χ4n) is 5.12. The summed E-state index contributed by atoms with van der Waals surface area (Å²) < 4.78 is 18.9. The third kappa shape index (κ3) is 7.27. The van der Waals surface area contributed by atoms with Gasteiger partial charge >= 0.3 is 6.03 Å². The van der Waals surface area contributed by atoms with Crippen LogP contribution in [-0.4, -0.2) is 70.8 Å². The van der Waals surface area contributed by atoms with E-state index in [9.17, 15) is 9.59 Å². The Labute approximate surface area is 271 Å². The Morgan fingerprint density at radius 2 is 1.91 bits per heavy atom. The van der Waals surface area contributed by atoms with Crippen LogP contribution in [0.5, 0.6) is 17.2 Å². The number of thioether (sulfide) groups is 1. The molecule has 4 heterocycles. The fraction of sp³-hybridized carbons (Fsp3) is 0.333. The van der Waals surface area contributed by atoms with E-state index in [2.05, 4.69) is 58.7 Å². The molecule has 0 aliphatic carbocycles. The molecule has 2 aliphatic rings. The zero-order valence-corrected chi connectivity index (χ0v) is 27.1. The zero-order valence-electron chi connectivity index (χ0n) is 26.3. The lowest BCUT2D eigenvalue weighted by atomic mass is 9.92. The molecular weight excluding hydrogens is 606 g/mol. The summed E-state index contributed by atoms with van der Waals surface area (Å²) in [6.45, 7) is 10.3. The standard InChI is InChI=1S/C33H37N7O5S/c1-33(2,3)27-18-28(40(38-27)22-7-5-6-21(16-22)19-39-12-14-43-15-13-39)36-32(42)35-24-9-8-23(17-26(24)46-4)45-25-10-11-34-31-30(25)44-20-29(41)37-31/h5-11,16-18H,12-15,19-20H2,1-4H3,(H,34,37,41)(H2,35,36,42). The number of rotatable bonds is 8. The Bertz CT molecular complexity index is 1750. The van der Waals surface area contributed by atoms with Crippen molar-refractivity contribution >= 4 is 41.0 Å². The Hall–Kier alpha value is -4.59. The third-order valence-electron chi connectivity index (χ3n) is 7.51.